The van der Waals surface area contributed by atoms with E-state index in [1.165, 1.54) is 16.8 Å². The van der Waals surface area contributed by atoms with Crippen molar-refractivity contribution in [1.82, 2.24) is 14.7 Å². The van der Waals surface area contributed by atoms with E-state index in [0.29, 0.717) is 19.7 Å². The number of carbonyl (C=O) groups is 1. The summed E-state index contributed by atoms with van der Waals surface area (Å²) in [4.78, 5) is 14.7. The molecule has 2 amide bonds. The summed E-state index contributed by atoms with van der Waals surface area (Å²) in [6, 6.07) is 13.9. The van der Waals surface area contributed by atoms with Crippen molar-refractivity contribution in [2.75, 3.05) is 11.9 Å². The third kappa shape index (κ3) is 4.17. The Balaban J connectivity index is 1.46. The van der Waals surface area contributed by atoms with Gasteiger partial charge in [-0.15, -0.1) is 0 Å². The van der Waals surface area contributed by atoms with Gasteiger partial charge in [0.05, 0.1) is 6.54 Å². The molecule has 1 aliphatic heterocycles. The maximum Gasteiger partial charge on any atom is 0.322 e. The number of nitrogens with zero attached hydrogens (tertiary/aromatic N) is 3. The number of amides is 2. The van der Waals surface area contributed by atoms with E-state index in [4.69, 9.17) is 4.74 Å². The molecule has 1 aromatic heterocycles. The highest BCUT2D eigenvalue weighted by Gasteiger charge is 2.27. The number of urea groups is 1. The van der Waals surface area contributed by atoms with Crippen molar-refractivity contribution < 1.29 is 9.53 Å². The lowest BCUT2D eigenvalue weighted by molar-refractivity contribution is 0.205. The molecule has 1 N–H and O–H groups in total. The van der Waals surface area contributed by atoms with Crippen LogP contribution in [-0.2, 0) is 26.6 Å². The van der Waals surface area contributed by atoms with Gasteiger partial charge in [0.25, 0.3) is 0 Å². The van der Waals surface area contributed by atoms with Crippen molar-refractivity contribution in [3.05, 3.63) is 76.1 Å². The lowest BCUT2D eigenvalue weighted by Gasteiger charge is -2.28. The minimum absolute atomic E-state index is 0.0850. The van der Waals surface area contributed by atoms with Crippen molar-refractivity contribution in [3.63, 3.8) is 0 Å². The average molecular weight is 405 g/mol. The Kier molecular flexibility index (Phi) is 5.48. The molecule has 2 heterocycles. The SMILES string of the molecule is Cc1ccc(OCc2nn(C)c3c2CN(C(=O)Nc2ccc(C)c(C)c2)CC3)cc1. The number of carbonyl (C=O) groups excluding carboxylic acids is 1. The first-order valence-corrected chi connectivity index (χ1v) is 10.3. The quantitative estimate of drug-likeness (QED) is 0.696. The van der Waals surface area contributed by atoms with Crippen molar-refractivity contribution in [2.24, 2.45) is 7.05 Å². The fourth-order valence-electron chi connectivity index (χ4n) is 3.77. The van der Waals surface area contributed by atoms with Crippen LogP contribution in [0.3, 0.4) is 0 Å². The van der Waals surface area contributed by atoms with Crippen molar-refractivity contribution in [1.29, 1.82) is 0 Å². The van der Waals surface area contributed by atoms with Gasteiger partial charge in [-0.25, -0.2) is 4.79 Å². The molecule has 0 bridgehead atoms. The molecule has 0 radical (unpaired) electrons. The second kappa shape index (κ2) is 8.22. The Morgan fingerprint density at radius 1 is 1.10 bits per heavy atom. The summed E-state index contributed by atoms with van der Waals surface area (Å²) in [7, 11) is 1.96. The van der Waals surface area contributed by atoms with Crippen LogP contribution in [0.4, 0.5) is 10.5 Å². The number of nitrogens with one attached hydrogen (secondary N) is 1. The van der Waals surface area contributed by atoms with Crippen LogP contribution in [0.5, 0.6) is 5.75 Å². The van der Waals surface area contributed by atoms with E-state index in [1.54, 1.807) is 0 Å². The van der Waals surface area contributed by atoms with Gasteiger partial charge in [-0.1, -0.05) is 23.8 Å². The molecule has 1 aliphatic rings. The topological polar surface area (TPSA) is 59.4 Å². The van der Waals surface area contributed by atoms with Crippen LogP contribution in [0.1, 0.15) is 33.6 Å². The highest BCUT2D eigenvalue weighted by Crippen LogP contribution is 2.24. The van der Waals surface area contributed by atoms with Crippen molar-refractivity contribution in [3.8, 4) is 5.75 Å². The lowest BCUT2D eigenvalue weighted by Crippen LogP contribution is -2.39. The van der Waals surface area contributed by atoms with E-state index in [1.807, 2.05) is 66.0 Å². The van der Waals surface area contributed by atoms with Gasteiger partial charge in [0.1, 0.15) is 18.1 Å². The van der Waals surface area contributed by atoms with E-state index < -0.39 is 0 Å². The first-order chi connectivity index (χ1) is 14.4. The number of rotatable bonds is 4. The second-order valence-corrected chi connectivity index (χ2v) is 8.00. The average Bonchev–Trinajstić information content (AvgIpc) is 3.05. The standard InChI is InChI=1S/C24H28N4O2/c1-16-5-9-20(10-6-16)30-15-22-21-14-28(12-11-23(21)27(4)26-22)24(29)25-19-8-7-17(2)18(3)13-19/h5-10,13H,11-12,14-15H2,1-4H3,(H,25,29). The van der Waals surface area contributed by atoms with Crippen LogP contribution in [0.25, 0.3) is 0 Å². The zero-order valence-corrected chi connectivity index (χ0v) is 18.0. The Hall–Kier alpha value is -3.28. The molecule has 4 rings (SSSR count). The Morgan fingerprint density at radius 2 is 1.87 bits per heavy atom. The molecule has 3 aromatic rings. The van der Waals surface area contributed by atoms with Crippen LogP contribution in [0.2, 0.25) is 0 Å². The molecule has 0 unspecified atom stereocenters. The highest BCUT2D eigenvalue weighted by molar-refractivity contribution is 5.89. The van der Waals surface area contributed by atoms with Gasteiger partial charge in [-0.05, 0) is 56.2 Å². The maximum atomic E-state index is 12.9. The highest BCUT2D eigenvalue weighted by atomic mass is 16.5. The zero-order valence-electron chi connectivity index (χ0n) is 18.0. The molecule has 0 saturated heterocycles. The van der Waals surface area contributed by atoms with E-state index in [-0.39, 0.29) is 6.03 Å². The molecule has 30 heavy (non-hydrogen) atoms. The molecule has 0 aliphatic carbocycles. The van der Waals surface area contributed by atoms with Crippen LogP contribution in [0, 0.1) is 20.8 Å². The van der Waals surface area contributed by atoms with Gasteiger partial charge in [-0.2, -0.15) is 5.10 Å². The monoisotopic (exact) mass is 404 g/mol. The van der Waals surface area contributed by atoms with Crippen molar-refractivity contribution >= 4 is 11.7 Å². The third-order valence-electron chi connectivity index (χ3n) is 5.77. The van der Waals surface area contributed by atoms with E-state index >= 15 is 0 Å². The first kappa shape index (κ1) is 20.0. The van der Waals surface area contributed by atoms with E-state index in [0.717, 1.165) is 34.7 Å². The summed E-state index contributed by atoms with van der Waals surface area (Å²) in [5.74, 6) is 0.820. The van der Waals surface area contributed by atoms with Gasteiger partial charge in [-0.3, -0.25) is 4.68 Å². The number of anilines is 1. The molecule has 0 fully saturated rings. The van der Waals surface area contributed by atoms with Gasteiger partial charge < -0.3 is 15.0 Å². The summed E-state index contributed by atoms with van der Waals surface area (Å²) >= 11 is 0. The third-order valence-corrected chi connectivity index (χ3v) is 5.77. The van der Waals surface area contributed by atoms with Gasteiger partial charge in [0.15, 0.2) is 0 Å². The fourth-order valence-corrected chi connectivity index (χ4v) is 3.77. The number of ether oxygens (including phenoxy) is 1. The summed E-state index contributed by atoms with van der Waals surface area (Å²) < 4.78 is 7.87. The van der Waals surface area contributed by atoms with Crippen molar-refractivity contribution in [2.45, 2.75) is 40.3 Å². The zero-order chi connectivity index (χ0) is 21.3. The Bertz CT molecular complexity index is 1070. The normalized spacial score (nSPS) is 13.1. The Morgan fingerprint density at radius 3 is 2.60 bits per heavy atom. The smallest absolute Gasteiger partial charge is 0.322 e. The van der Waals surface area contributed by atoms with Crippen LogP contribution >= 0.6 is 0 Å². The van der Waals surface area contributed by atoms with E-state index in [2.05, 4.69) is 24.3 Å². The first-order valence-electron chi connectivity index (χ1n) is 10.3. The molecule has 2 aromatic carbocycles. The fraction of sp³-hybridized carbons (Fsp3) is 0.333. The predicted octanol–water partition coefficient (Wildman–Crippen LogP) is 4.51. The molecule has 0 spiro atoms. The van der Waals surface area contributed by atoms with Gasteiger partial charge >= 0.3 is 6.03 Å². The molecular formula is C24H28N4O2. The predicted molar refractivity (Wildman–Crippen MR) is 118 cm³/mol. The van der Waals surface area contributed by atoms with E-state index in [9.17, 15) is 4.79 Å². The molecule has 0 saturated carbocycles. The number of aromatic nitrogens is 2. The molecule has 0 atom stereocenters. The maximum absolute atomic E-state index is 12.9. The summed E-state index contributed by atoms with van der Waals surface area (Å²) in [6.45, 7) is 7.76. The van der Waals surface area contributed by atoms with Gasteiger partial charge in [0, 0.05) is 37.0 Å². The molecule has 6 heteroatoms. The number of hydrogen-bond donors (Lipinski definition) is 1. The number of hydrogen-bond acceptors (Lipinski definition) is 3. The molecular weight excluding hydrogens is 376 g/mol. The second-order valence-electron chi connectivity index (χ2n) is 8.00. The molecule has 156 valence electrons. The van der Waals surface area contributed by atoms with Gasteiger partial charge in [0.2, 0.25) is 0 Å². The summed E-state index contributed by atoms with van der Waals surface area (Å²) in [6.07, 6.45) is 0.781. The minimum atomic E-state index is -0.0850. The summed E-state index contributed by atoms with van der Waals surface area (Å²) in [5, 5.41) is 7.69. The number of benzene rings is 2. The van der Waals surface area contributed by atoms with Crippen LogP contribution in [-0.4, -0.2) is 27.3 Å². The van der Waals surface area contributed by atoms with Crippen LogP contribution in [0.15, 0.2) is 42.5 Å². The minimum Gasteiger partial charge on any atom is -0.487 e. The lowest BCUT2D eigenvalue weighted by atomic mass is 10.1. The molecule has 6 nitrogen and oxygen atoms in total. The summed E-state index contributed by atoms with van der Waals surface area (Å²) in [5.41, 5.74) is 7.54. The Labute approximate surface area is 177 Å². The number of fused-ring (bicyclic) bond motifs is 1. The largest absolute Gasteiger partial charge is 0.487 e. The number of aryl methyl sites for hydroxylation is 4. The van der Waals surface area contributed by atoms with Crippen LogP contribution < -0.4 is 10.1 Å².